The van der Waals surface area contributed by atoms with Gasteiger partial charge in [-0.25, -0.2) is 0 Å². The highest BCUT2D eigenvalue weighted by atomic mass is 16.5. The number of amides is 2. The zero-order chi connectivity index (χ0) is 22.0. The molecule has 6 rings (SSSR count). The van der Waals surface area contributed by atoms with E-state index in [0.717, 1.165) is 12.8 Å². The van der Waals surface area contributed by atoms with Crippen molar-refractivity contribution < 1.29 is 18.7 Å². The van der Waals surface area contributed by atoms with Crippen LogP contribution in [-0.4, -0.2) is 42.5 Å². The van der Waals surface area contributed by atoms with Crippen molar-refractivity contribution >= 4 is 28.5 Å². The third kappa shape index (κ3) is 2.26. The second-order valence-electron chi connectivity index (χ2n) is 8.46. The number of benzene rings is 2. The molecule has 2 atom stereocenters. The molecule has 3 aliphatic rings. The van der Waals surface area contributed by atoms with Gasteiger partial charge in [-0.05, 0) is 38.0 Å². The minimum atomic E-state index is -1.55. The maximum absolute atomic E-state index is 14.1. The molecular formula is C25H22N2O5. The third-order valence-corrected chi connectivity index (χ3v) is 6.87. The number of nitrogens with zero attached hydrogens (tertiary/aromatic N) is 2. The SMILES string of the molecule is CCN1C(=O)C2(c3ccccc31)c1c(oc3ccccc3c1=O)C(=O)N2CC1CCCO1. The van der Waals surface area contributed by atoms with Gasteiger partial charge in [-0.15, -0.1) is 0 Å². The van der Waals surface area contributed by atoms with Crippen molar-refractivity contribution in [1.29, 1.82) is 0 Å². The van der Waals surface area contributed by atoms with E-state index in [2.05, 4.69) is 0 Å². The first-order valence-corrected chi connectivity index (χ1v) is 11.0. The average Bonchev–Trinajstić information content (AvgIpc) is 3.47. The Labute approximate surface area is 184 Å². The molecule has 1 aromatic heterocycles. The highest BCUT2D eigenvalue weighted by Crippen LogP contribution is 2.52. The van der Waals surface area contributed by atoms with Gasteiger partial charge in [0.05, 0.1) is 22.7 Å². The Bertz CT molecular complexity index is 1340. The van der Waals surface area contributed by atoms with E-state index in [0.29, 0.717) is 35.4 Å². The number of rotatable bonds is 3. The lowest BCUT2D eigenvalue weighted by atomic mass is 9.83. The van der Waals surface area contributed by atoms with E-state index in [1.165, 1.54) is 4.90 Å². The van der Waals surface area contributed by atoms with Gasteiger partial charge in [-0.2, -0.15) is 0 Å². The third-order valence-electron chi connectivity index (χ3n) is 6.87. The van der Waals surface area contributed by atoms with E-state index in [9.17, 15) is 14.4 Å². The van der Waals surface area contributed by atoms with Crippen LogP contribution in [0.2, 0.25) is 0 Å². The number of hydrogen-bond acceptors (Lipinski definition) is 5. The number of hydrogen-bond donors (Lipinski definition) is 0. The molecule has 1 saturated heterocycles. The monoisotopic (exact) mass is 430 g/mol. The van der Waals surface area contributed by atoms with Gasteiger partial charge in [0, 0.05) is 25.3 Å². The molecular weight excluding hydrogens is 408 g/mol. The molecule has 3 aliphatic heterocycles. The van der Waals surface area contributed by atoms with Gasteiger partial charge in [-0.3, -0.25) is 14.4 Å². The number of carbonyl (C=O) groups excluding carboxylic acids is 2. The number of likely N-dealkylation sites (N-methyl/N-ethyl adjacent to an activating group) is 1. The van der Waals surface area contributed by atoms with Crippen molar-refractivity contribution in [2.24, 2.45) is 0 Å². The zero-order valence-corrected chi connectivity index (χ0v) is 17.7. The molecule has 0 saturated carbocycles. The first-order valence-electron chi connectivity index (χ1n) is 11.0. The number of carbonyl (C=O) groups is 2. The molecule has 0 bridgehead atoms. The molecule has 162 valence electrons. The van der Waals surface area contributed by atoms with Crippen molar-refractivity contribution in [3.8, 4) is 0 Å². The van der Waals surface area contributed by atoms with Crippen LogP contribution in [-0.2, 0) is 15.1 Å². The van der Waals surface area contributed by atoms with Crippen molar-refractivity contribution in [2.75, 3.05) is 24.6 Å². The number of para-hydroxylation sites is 2. The van der Waals surface area contributed by atoms with Crippen LogP contribution >= 0.6 is 0 Å². The summed E-state index contributed by atoms with van der Waals surface area (Å²) in [6.45, 7) is 3.16. The van der Waals surface area contributed by atoms with Crippen LogP contribution in [0.4, 0.5) is 5.69 Å². The molecule has 7 heteroatoms. The first kappa shape index (κ1) is 19.3. The van der Waals surface area contributed by atoms with Gasteiger partial charge in [0.15, 0.2) is 11.0 Å². The Hall–Kier alpha value is -3.45. The van der Waals surface area contributed by atoms with E-state index in [-0.39, 0.29) is 35.3 Å². The molecule has 0 aliphatic carbocycles. The summed E-state index contributed by atoms with van der Waals surface area (Å²) in [6.07, 6.45) is 1.51. The second kappa shape index (κ2) is 6.77. The van der Waals surface area contributed by atoms with Gasteiger partial charge < -0.3 is 19.0 Å². The van der Waals surface area contributed by atoms with Crippen LogP contribution in [0.25, 0.3) is 11.0 Å². The number of fused-ring (bicyclic) bond motifs is 5. The zero-order valence-electron chi connectivity index (χ0n) is 17.7. The smallest absolute Gasteiger partial charge is 0.291 e. The molecule has 2 unspecified atom stereocenters. The average molecular weight is 430 g/mol. The van der Waals surface area contributed by atoms with Crippen LogP contribution in [0.5, 0.6) is 0 Å². The lowest BCUT2D eigenvalue weighted by molar-refractivity contribution is -0.126. The van der Waals surface area contributed by atoms with Crippen LogP contribution in [0.15, 0.2) is 57.7 Å². The van der Waals surface area contributed by atoms with E-state index >= 15 is 0 Å². The number of ether oxygens (including phenoxy) is 1. The standard InChI is InChI=1S/C25H22N2O5/c1-2-26-18-11-5-4-10-17(18)25(24(26)30)20-21(28)16-9-3-6-12-19(16)32-22(20)23(29)27(25)14-15-8-7-13-31-15/h3-6,9-12,15H,2,7-8,13-14H2,1H3. The predicted molar refractivity (Wildman–Crippen MR) is 118 cm³/mol. The summed E-state index contributed by atoms with van der Waals surface area (Å²) in [4.78, 5) is 44.9. The van der Waals surface area contributed by atoms with Crippen LogP contribution < -0.4 is 10.3 Å². The lowest BCUT2D eigenvalue weighted by Crippen LogP contribution is -2.55. The Kier molecular flexibility index (Phi) is 4.07. The van der Waals surface area contributed by atoms with Crippen LogP contribution in [0.1, 0.15) is 41.4 Å². The molecule has 4 heterocycles. The van der Waals surface area contributed by atoms with Crippen LogP contribution in [0.3, 0.4) is 0 Å². The quantitative estimate of drug-likeness (QED) is 0.638. The van der Waals surface area contributed by atoms with Gasteiger partial charge in [0.1, 0.15) is 5.58 Å². The van der Waals surface area contributed by atoms with E-state index < -0.39 is 11.4 Å². The fraction of sp³-hybridized carbons (Fsp3) is 0.320. The molecule has 2 aromatic carbocycles. The first-order chi connectivity index (χ1) is 15.6. The van der Waals surface area contributed by atoms with Gasteiger partial charge in [0.2, 0.25) is 5.76 Å². The van der Waals surface area contributed by atoms with Crippen LogP contribution in [0, 0.1) is 0 Å². The Morgan fingerprint density at radius 1 is 1.06 bits per heavy atom. The molecule has 2 amide bonds. The molecule has 32 heavy (non-hydrogen) atoms. The summed E-state index contributed by atoms with van der Waals surface area (Å²) in [5.41, 5.74) is -0.0797. The largest absolute Gasteiger partial charge is 0.450 e. The minimum Gasteiger partial charge on any atom is -0.450 e. The summed E-state index contributed by atoms with van der Waals surface area (Å²) in [5, 5.41) is 0.359. The lowest BCUT2D eigenvalue weighted by Gasteiger charge is -2.35. The van der Waals surface area contributed by atoms with Crippen molar-refractivity contribution in [2.45, 2.75) is 31.4 Å². The summed E-state index contributed by atoms with van der Waals surface area (Å²) in [6, 6.07) is 14.2. The fourth-order valence-corrected chi connectivity index (χ4v) is 5.49. The highest BCUT2D eigenvalue weighted by molar-refractivity contribution is 6.17. The highest BCUT2D eigenvalue weighted by Gasteiger charge is 2.65. The van der Waals surface area contributed by atoms with E-state index in [4.69, 9.17) is 9.15 Å². The Morgan fingerprint density at radius 2 is 1.84 bits per heavy atom. The molecule has 7 nitrogen and oxygen atoms in total. The summed E-state index contributed by atoms with van der Waals surface area (Å²) >= 11 is 0. The van der Waals surface area contributed by atoms with Crippen molar-refractivity contribution in [1.82, 2.24) is 4.90 Å². The predicted octanol–water partition coefficient (Wildman–Crippen LogP) is 3.04. The molecule has 0 radical (unpaired) electrons. The maximum Gasteiger partial charge on any atom is 0.291 e. The van der Waals surface area contributed by atoms with Gasteiger partial charge in [-0.1, -0.05) is 30.3 Å². The molecule has 0 N–H and O–H groups in total. The summed E-state index contributed by atoms with van der Waals surface area (Å²) in [5.74, 6) is -0.791. The molecule has 1 fully saturated rings. The number of anilines is 1. The molecule has 1 spiro atoms. The Morgan fingerprint density at radius 3 is 2.62 bits per heavy atom. The van der Waals surface area contributed by atoms with Crippen molar-refractivity contribution in [3.05, 3.63) is 75.6 Å². The summed E-state index contributed by atoms with van der Waals surface area (Å²) < 4.78 is 11.8. The van der Waals surface area contributed by atoms with Gasteiger partial charge >= 0.3 is 0 Å². The molecule has 3 aromatic rings. The van der Waals surface area contributed by atoms with Crippen molar-refractivity contribution in [3.63, 3.8) is 0 Å². The fourth-order valence-electron chi connectivity index (χ4n) is 5.49. The summed E-state index contributed by atoms with van der Waals surface area (Å²) in [7, 11) is 0. The Balaban J connectivity index is 1.70. The van der Waals surface area contributed by atoms with E-state index in [1.807, 2.05) is 31.2 Å². The maximum atomic E-state index is 14.1. The second-order valence-corrected chi connectivity index (χ2v) is 8.46. The normalized spacial score (nSPS) is 24.1. The van der Waals surface area contributed by atoms with Gasteiger partial charge in [0.25, 0.3) is 11.8 Å². The van der Waals surface area contributed by atoms with E-state index in [1.54, 1.807) is 29.2 Å². The topological polar surface area (TPSA) is 80.1 Å². The minimum absolute atomic E-state index is 0.0483.